The number of anilines is 1. The number of piperazine rings is 1. The summed E-state index contributed by atoms with van der Waals surface area (Å²) in [6, 6.07) is 11.9. The van der Waals surface area contributed by atoms with Crippen LogP contribution in [0, 0.1) is 6.92 Å². The average molecular weight is 442 g/mol. The zero-order valence-electron chi connectivity index (χ0n) is 15.4. The summed E-state index contributed by atoms with van der Waals surface area (Å²) < 4.78 is 26.9. The van der Waals surface area contributed by atoms with Gasteiger partial charge >= 0.3 is 0 Å². The molecule has 1 saturated heterocycles. The third-order valence-electron chi connectivity index (χ3n) is 4.58. The van der Waals surface area contributed by atoms with Crippen molar-refractivity contribution in [2.45, 2.75) is 11.8 Å². The van der Waals surface area contributed by atoms with Gasteiger partial charge in [0.15, 0.2) is 0 Å². The van der Waals surface area contributed by atoms with E-state index in [1.807, 2.05) is 11.8 Å². The van der Waals surface area contributed by atoms with Crippen LogP contribution in [-0.2, 0) is 14.8 Å². The number of carbonyl (C=O) groups excluding carboxylic acids is 1. The van der Waals surface area contributed by atoms with Crippen LogP contribution in [-0.4, -0.2) is 56.3 Å². The van der Waals surface area contributed by atoms with Crippen molar-refractivity contribution in [1.82, 2.24) is 9.21 Å². The van der Waals surface area contributed by atoms with Crippen molar-refractivity contribution < 1.29 is 13.2 Å². The largest absolute Gasteiger partial charge is 0.324 e. The molecule has 9 heteroatoms. The summed E-state index contributed by atoms with van der Waals surface area (Å²) in [6.45, 7) is 3.68. The minimum atomic E-state index is -3.52. The number of amides is 1. The Morgan fingerprint density at radius 1 is 1.04 bits per heavy atom. The molecule has 1 fully saturated rings. The third kappa shape index (κ3) is 4.85. The zero-order chi connectivity index (χ0) is 20.3. The lowest BCUT2D eigenvalue weighted by Crippen LogP contribution is -2.50. The molecule has 0 spiro atoms. The van der Waals surface area contributed by atoms with Crippen molar-refractivity contribution in [3.63, 3.8) is 0 Å². The number of sulfonamides is 1. The van der Waals surface area contributed by atoms with Gasteiger partial charge in [0.2, 0.25) is 15.9 Å². The Morgan fingerprint density at radius 2 is 1.68 bits per heavy atom. The highest BCUT2D eigenvalue weighted by Crippen LogP contribution is 2.29. The van der Waals surface area contributed by atoms with Gasteiger partial charge in [0, 0.05) is 26.2 Å². The molecule has 1 aliphatic heterocycles. The maximum absolute atomic E-state index is 12.7. The summed E-state index contributed by atoms with van der Waals surface area (Å²) in [5, 5.41) is 3.41. The Kier molecular flexibility index (Phi) is 6.62. The fourth-order valence-electron chi connectivity index (χ4n) is 2.98. The summed E-state index contributed by atoms with van der Waals surface area (Å²) >= 11 is 12.0. The third-order valence-corrected chi connectivity index (χ3v) is 7.31. The number of nitrogens with zero attached hydrogens (tertiary/aromatic N) is 2. The molecule has 0 atom stereocenters. The quantitative estimate of drug-likeness (QED) is 0.772. The lowest BCUT2D eigenvalue weighted by atomic mass is 10.2. The highest BCUT2D eigenvalue weighted by atomic mass is 35.5. The van der Waals surface area contributed by atoms with Crippen LogP contribution in [0.3, 0.4) is 0 Å². The Hall–Kier alpha value is -1.64. The lowest BCUT2D eigenvalue weighted by molar-refractivity contribution is -0.117. The maximum Gasteiger partial charge on any atom is 0.243 e. The first-order valence-corrected chi connectivity index (χ1v) is 11.0. The van der Waals surface area contributed by atoms with Crippen LogP contribution in [0.25, 0.3) is 0 Å². The van der Waals surface area contributed by atoms with Gasteiger partial charge in [-0.15, -0.1) is 0 Å². The molecule has 0 radical (unpaired) electrons. The van der Waals surface area contributed by atoms with Gasteiger partial charge in [0.05, 0.1) is 27.2 Å². The van der Waals surface area contributed by atoms with Gasteiger partial charge in [-0.25, -0.2) is 8.42 Å². The van der Waals surface area contributed by atoms with E-state index in [9.17, 15) is 13.2 Å². The molecule has 1 N–H and O–H groups in total. The van der Waals surface area contributed by atoms with Gasteiger partial charge < -0.3 is 5.32 Å². The summed E-state index contributed by atoms with van der Waals surface area (Å²) in [7, 11) is -3.52. The van der Waals surface area contributed by atoms with E-state index >= 15 is 0 Å². The number of carbonyl (C=O) groups is 1. The zero-order valence-corrected chi connectivity index (χ0v) is 17.7. The molecule has 1 amide bonds. The first kappa shape index (κ1) is 21.1. The molecular weight excluding hydrogens is 421 g/mol. The number of hydrogen-bond acceptors (Lipinski definition) is 4. The fraction of sp³-hybridized carbons (Fsp3) is 0.316. The number of rotatable bonds is 5. The molecule has 28 heavy (non-hydrogen) atoms. The standard InChI is InChI=1S/C19H21Cl2N3O3S/c1-14-5-7-15(8-6-14)28(26,27)24-11-9-23(10-12-24)13-18(25)22-17-4-2-3-16(20)19(17)21/h2-8H,9-13H2,1H3,(H,22,25). The number of benzene rings is 2. The van der Waals surface area contributed by atoms with Gasteiger partial charge in [-0.1, -0.05) is 47.0 Å². The SMILES string of the molecule is Cc1ccc(S(=O)(=O)N2CCN(CC(=O)Nc3cccc(Cl)c3Cl)CC2)cc1. The highest BCUT2D eigenvalue weighted by molar-refractivity contribution is 7.89. The Morgan fingerprint density at radius 3 is 2.32 bits per heavy atom. The Labute approximate surface area is 175 Å². The van der Waals surface area contributed by atoms with E-state index in [0.29, 0.717) is 46.8 Å². The van der Waals surface area contributed by atoms with Crippen LogP contribution < -0.4 is 5.32 Å². The van der Waals surface area contributed by atoms with Gasteiger partial charge in [-0.2, -0.15) is 4.31 Å². The first-order valence-electron chi connectivity index (χ1n) is 8.80. The second-order valence-electron chi connectivity index (χ2n) is 6.64. The topological polar surface area (TPSA) is 69.7 Å². The van der Waals surface area contributed by atoms with Crippen LogP contribution in [0.15, 0.2) is 47.4 Å². The van der Waals surface area contributed by atoms with Gasteiger partial charge in [0.25, 0.3) is 0 Å². The van der Waals surface area contributed by atoms with Crippen molar-refractivity contribution in [1.29, 1.82) is 0 Å². The normalized spacial score (nSPS) is 16.1. The molecule has 0 aliphatic carbocycles. The second-order valence-corrected chi connectivity index (χ2v) is 9.37. The van der Waals surface area contributed by atoms with Crippen LogP contribution in [0.1, 0.15) is 5.56 Å². The van der Waals surface area contributed by atoms with Gasteiger partial charge in [-0.05, 0) is 31.2 Å². The van der Waals surface area contributed by atoms with Crippen LogP contribution in [0.4, 0.5) is 5.69 Å². The Bertz CT molecular complexity index is 957. The molecule has 6 nitrogen and oxygen atoms in total. The highest BCUT2D eigenvalue weighted by Gasteiger charge is 2.29. The molecule has 0 aromatic heterocycles. The van der Waals surface area contributed by atoms with Gasteiger partial charge in [0.1, 0.15) is 0 Å². The lowest BCUT2D eigenvalue weighted by Gasteiger charge is -2.33. The van der Waals surface area contributed by atoms with Crippen LogP contribution >= 0.6 is 23.2 Å². The number of nitrogens with one attached hydrogen (secondary N) is 1. The average Bonchev–Trinajstić information content (AvgIpc) is 2.66. The predicted octanol–water partition coefficient (Wildman–Crippen LogP) is 3.25. The van der Waals surface area contributed by atoms with Crippen molar-refractivity contribution in [2.75, 3.05) is 38.0 Å². The van der Waals surface area contributed by atoms with Crippen molar-refractivity contribution in [3.8, 4) is 0 Å². The van der Waals surface area contributed by atoms with E-state index in [1.165, 1.54) is 4.31 Å². The Balaban J connectivity index is 1.56. The number of halogens is 2. The fourth-order valence-corrected chi connectivity index (χ4v) is 4.75. The van der Waals surface area contributed by atoms with E-state index in [-0.39, 0.29) is 12.5 Å². The van der Waals surface area contributed by atoms with E-state index in [4.69, 9.17) is 23.2 Å². The molecule has 1 heterocycles. The molecule has 2 aromatic carbocycles. The summed E-state index contributed by atoms with van der Waals surface area (Å²) in [6.07, 6.45) is 0. The van der Waals surface area contributed by atoms with E-state index in [0.717, 1.165) is 5.56 Å². The van der Waals surface area contributed by atoms with E-state index in [2.05, 4.69) is 5.32 Å². The molecule has 1 aliphatic rings. The van der Waals surface area contributed by atoms with E-state index in [1.54, 1.807) is 42.5 Å². The van der Waals surface area contributed by atoms with E-state index < -0.39 is 10.0 Å². The summed E-state index contributed by atoms with van der Waals surface area (Å²) in [5.74, 6) is -0.223. The van der Waals surface area contributed by atoms with Crippen molar-refractivity contribution >= 4 is 44.8 Å². The molecule has 0 saturated carbocycles. The first-order chi connectivity index (χ1) is 13.3. The molecular formula is C19H21Cl2N3O3S. The monoisotopic (exact) mass is 441 g/mol. The van der Waals surface area contributed by atoms with Crippen LogP contribution in [0.2, 0.25) is 10.0 Å². The molecule has 0 unspecified atom stereocenters. The molecule has 3 rings (SSSR count). The molecule has 2 aromatic rings. The molecule has 150 valence electrons. The summed E-state index contributed by atoms with van der Waals surface area (Å²) in [4.78, 5) is 14.5. The molecule has 0 bridgehead atoms. The second kappa shape index (κ2) is 8.80. The number of aryl methyl sites for hydroxylation is 1. The summed E-state index contributed by atoms with van der Waals surface area (Å²) in [5.41, 5.74) is 1.47. The maximum atomic E-state index is 12.7. The number of hydrogen-bond donors (Lipinski definition) is 1. The van der Waals surface area contributed by atoms with Gasteiger partial charge in [-0.3, -0.25) is 9.69 Å². The minimum absolute atomic E-state index is 0.154. The smallest absolute Gasteiger partial charge is 0.243 e. The van der Waals surface area contributed by atoms with Crippen molar-refractivity contribution in [3.05, 3.63) is 58.1 Å². The van der Waals surface area contributed by atoms with Crippen LogP contribution in [0.5, 0.6) is 0 Å². The predicted molar refractivity (Wildman–Crippen MR) is 111 cm³/mol. The van der Waals surface area contributed by atoms with Crippen molar-refractivity contribution in [2.24, 2.45) is 0 Å². The minimum Gasteiger partial charge on any atom is -0.324 e.